The van der Waals surface area contributed by atoms with Gasteiger partial charge in [0.1, 0.15) is 11.5 Å². The van der Waals surface area contributed by atoms with E-state index in [9.17, 15) is 18.0 Å². The minimum atomic E-state index is -4.37. The summed E-state index contributed by atoms with van der Waals surface area (Å²) < 4.78 is 37.7. The summed E-state index contributed by atoms with van der Waals surface area (Å²) in [5.41, 5.74) is -0.000796. The van der Waals surface area contributed by atoms with Gasteiger partial charge in [-0.25, -0.2) is 9.97 Å². The van der Waals surface area contributed by atoms with Gasteiger partial charge in [0.15, 0.2) is 0 Å². The van der Waals surface area contributed by atoms with Crippen molar-refractivity contribution in [2.24, 2.45) is 5.92 Å². The van der Waals surface area contributed by atoms with Gasteiger partial charge in [0.25, 0.3) is 5.91 Å². The van der Waals surface area contributed by atoms with Crippen LogP contribution in [0.4, 0.5) is 24.7 Å². The average Bonchev–Trinajstić information content (AvgIpc) is 2.61. The van der Waals surface area contributed by atoms with Crippen LogP contribution in [0.25, 0.3) is 0 Å². The number of rotatable bonds is 3. The number of hydrogen-bond donors (Lipinski definition) is 1. The first-order chi connectivity index (χ1) is 12.3. The van der Waals surface area contributed by atoms with Crippen LogP contribution in [-0.4, -0.2) is 33.9 Å². The molecule has 5 nitrogen and oxygen atoms in total. The molecule has 0 saturated carbocycles. The number of alkyl halides is 3. The molecule has 2 aromatic rings. The molecule has 0 aliphatic carbocycles. The largest absolute Gasteiger partial charge is 0.416 e. The lowest BCUT2D eigenvalue weighted by Crippen LogP contribution is -2.39. The fourth-order valence-electron chi connectivity index (χ4n) is 2.93. The monoisotopic (exact) mass is 364 g/mol. The average molecular weight is 364 g/mol. The fraction of sp³-hybridized carbons (Fsp3) is 0.389. The van der Waals surface area contributed by atoms with Crippen LogP contribution >= 0.6 is 0 Å². The molecule has 1 aromatic carbocycles. The van der Waals surface area contributed by atoms with Gasteiger partial charge >= 0.3 is 6.18 Å². The highest BCUT2D eigenvalue weighted by Gasteiger charge is 2.30. The number of piperidine rings is 1. The molecule has 1 atom stereocenters. The van der Waals surface area contributed by atoms with Crippen molar-refractivity contribution in [1.82, 2.24) is 14.9 Å². The molecule has 1 unspecified atom stereocenters. The number of likely N-dealkylation sites (tertiary alicyclic amines) is 1. The Bertz CT molecular complexity index is 760. The second-order valence-electron chi connectivity index (χ2n) is 6.49. The van der Waals surface area contributed by atoms with Crippen molar-refractivity contribution in [1.29, 1.82) is 0 Å². The van der Waals surface area contributed by atoms with Crippen LogP contribution in [0.2, 0.25) is 0 Å². The Morgan fingerprint density at radius 1 is 1.19 bits per heavy atom. The van der Waals surface area contributed by atoms with Crippen molar-refractivity contribution in [3.05, 3.63) is 47.9 Å². The molecule has 3 rings (SSSR count). The van der Waals surface area contributed by atoms with Crippen molar-refractivity contribution < 1.29 is 18.0 Å². The van der Waals surface area contributed by atoms with E-state index in [1.54, 1.807) is 4.90 Å². The molecular weight excluding hydrogens is 345 g/mol. The van der Waals surface area contributed by atoms with Crippen LogP contribution in [-0.2, 0) is 6.18 Å². The zero-order chi connectivity index (χ0) is 18.7. The third-order valence-electron chi connectivity index (χ3n) is 4.30. The van der Waals surface area contributed by atoms with Gasteiger partial charge in [-0.1, -0.05) is 6.92 Å². The lowest BCUT2D eigenvalue weighted by molar-refractivity contribution is -0.137. The van der Waals surface area contributed by atoms with Gasteiger partial charge in [-0.2, -0.15) is 13.2 Å². The Kier molecular flexibility index (Phi) is 5.11. The highest BCUT2D eigenvalue weighted by Crippen LogP contribution is 2.30. The normalized spacial score (nSPS) is 17.8. The number of amides is 1. The second-order valence-corrected chi connectivity index (χ2v) is 6.49. The highest BCUT2D eigenvalue weighted by atomic mass is 19.4. The standard InChI is InChI=1S/C18H19F3N4O/c1-12-3-2-8-25(11-12)17(26)15-9-23-16(10-22-15)24-14-6-4-13(5-7-14)18(19,20)21/h4-7,9-10,12H,2-3,8,11H2,1H3,(H,23,24). The molecule has 138 valence electrons. The quantitative estimate of drug-likeness (QED) is 0.890. The van der Waals surface area contributed by atoms with Crippen molar-refractivity contribution in [2.45, 2.75) is 25.9 Å². The third-order valence-corrected chi connectivity index (χ3v) is 4.30. The lowest BCUT2D eigenvalue weighted by atomic mass is 10.0. The maximum absolute atomic E-state index is 12.6. The van der Waals surface area contributed by atoms with E-state index >= 15 is 0 Å². The summed E-state index contributed by atoms with van der Waals surface area (Å²) in [7, 11) is 0. The number of benzene rings is 1. The lowest BCUT2D eigenvalue weighted by Gasteiger charge is -2.30. The van der Waals surface area contributed by atoms with E-state index in [4.69, 9.17) is 0 Å². The van der Waals surface area contributed by atoms with Crippen molar-refractivity contribution in [2.75, 3.05) is 18.4 Å². The molecule has 1 N–H and O–H groups in total. The predicted octanol–water partition coefficient (Wildman–Crippen LogP) is 4.11. The molecule has 1 fully saturated rings. The summed E-state index contributed by atoms with van der Waals surface area (Å²) >= 11 is 0. The van der Waals surface area contributed by atoms with Gasteiger partial charge in [-0.15, -0.1) is 0 Å². The Morgan fingerprint density at radius 3 is 2.50 bits per heavy atom. The van der Waals surface area contributed by atoms with E-state index in [0.717, 1.165) is 31.5 Å². The summed E-state index contributed by atoms with van der Waals surface area (Å²) in [4.78, 5) is 22.5. The molecule has 0 radical (unpaired) electrons. The first-order valence-corrected chi connectivity index (χ1v) is 8.38. The topological polar surface area (TPSA) is 58.1 Å². The Balaban J connectivity index is 1.65. The smallest absolute Gasteiger partial charge is 0.339 e. The van der Waals surface area contributed by atoms with Gasteiger partial charge in [-0.3, -0.25) is 4.79 Å². The zero-order valence-electron chi connectivity index (χ0n) is 14.3. The zero-order valence-corrected chi connectivity index (χ0v) is 14.3. The number of carbonyl (C=O) groups excluding carboxylic acids is 1. The molecule has 2 heterocycles. The van der Waals surface area contributed by atoms with Crippen LogP contribution < -0.4 is 5.32 Å². The molecule has 1 aliphatic heterocycles. The molecule has 0 bridgehead atoms. The van der Waals surface area contributed by atoms with Crippen molar-refractivity contribution >= 4 is 17.4 Å². The first-order valence-electron chi connectivity index (χ1n) is 8.38. The molecular formula is C18H19F3N4O. The summed E-state index contributed by atoms with van der Waals surface area (Å²) in [6.07, 6.45) is 0.512. The number of nitrogens with zero attached hydrogens (tertiary/aromatic N) is 3. The van der Waals surface area contributed by atoms with E-state index in [0.29, 0.717) is 24.0 Å². The third kappa shape index (κ3) is 4.30. The molecule has 0 spiro atoms. The number of anilines is 2. The van der Waals surface area contributed by atoms with Crippen LogP contribution in [0.1, 0.15) is 35.8 Å². The fourth-order valence-corrected chi connectivity index (χ4v) is 2.93. The summed E-state index contributed by atoms with van der Waals surface area (Å²) in [5.74, 6) is 0.680. The van der Waals surface area contributed by atoms with Crippen LogP contribution in [0.5, 0.6) is 0 Å². The van der Waals surface area contributed by atoms with Gasteiger partial charge in [-0.05, 0) is 43.0 Å². The number of carbonyl (C=O) groups is 1. The van der Waals surface area contributed by atoms with Gasteiger partial charge < -0.3 is 10.2 Å². The molecule has 1 saturated heterocycles. The van der Waals surface area contributed by atoms with Crippen LogP contribution in [0.15, 0.2) is 36.7 Å². The van der Waals surface area contributed by atoms with E-state index in [2.05, 4.69) is 22.2 Å². The summed E-state index contributed by atoms with van der Waals surface area (Å²) in [6, 6.07) is 4.62. The molecule has 1 amide bonds. The van der Waals surface area contributed by atoms with Crippen LogP contribution in [0, 0.1) is 5.92 Å². The Labute approximate surface area is 149 Å². The van der Waals surface area contributed by atoms with Crippen molar-refractivity contribution in [3.63, 3.8) is 0 Å². The summed E-state index contributed by atoms with van der Waals surface area (Å²) in [5, 5.41) is 2.87. The van der Waals surface area contributed by atoms with Crippen LogP contribution in [0.3, 0.4) is 0 Å². The maximum Gasteiger partial charge on any atom is 0.416 e. The minimum Gasteiger partial charge on any atom is -0.339 e. The second kappa shape index (κ2) is 7.31. The Morgan fingerprint density at radius 2 is 1.92 bits per heavy atom. The van der Waals surface area contributed by atoms with E-state index < -0.39 is 11.7 Å². The van der Waals surface area contributed by atoms with Gasteiger partial charge in [0, 0.05) is 18.8 Å². The highest BCUT2D eigenvalue weighted by molar-refractivity contribution is 5.92. The number of nitrogens with one attached hydrogen (secondary N) is 1. The number of aromatic nitrogens is 2. The minimum absolute atomic E-state index is 0.148. The number of halogens is 3. The van der Waals surface area contributed by atoms with Gasteiger partial charge in [0.2, 0.25) is 0 Å². The number of hydrogen-bond acceptors (Lipinski definition) is 4. The molecule has 8 heteroatoms. The van der Waals surface area contributed by atoms with Crippen molar-refractivity contribution in [3.8, 4) is 0 Å². The SMILES string of the molecule is CC1CCCN(C(=O)c2cnc(Nc3ccc(C(F)(F)F)cc3)cn2)C1. The van der Waals surface area contributed by atoms with Gasteiger partial charge in [0.05, 0.1) is 18.0 Å². The Hall–Kier alpha value is -2.64. The first kappa shape index (κ1) is 18.2. The van der Waals surface area contributed by atoms with E-state index in [1.807, 2.05) is 0 Å². The molecule has 1 aliphatic rings. The van der Waals surface area contributed by atoms with E-state index in [-0.39, 0.29) is 11.6 Å². The predicted molar refractivity (Wildman–Crippen MR) is 91.1 cm³/mol. The van der Waals surface area contributed by atoms with E-state index in [1.165, 1.54) is 24.5 Å². The maximum atomic E-state index is 12.6. The molecule has 26 heavy (non-hydrogen) atoms. The summed E-state index contributed by atoms with van der Waals surface area (Å²) in [6.45, 7) is 3.55. The molecule has 1 aromatic heterocycles.